The van der Waals surface area contributed by atoms with E-state index in [-0.39, 0.29) is 18.3 Å². The number of allylic oxidation sites excluding steroid dienone is 1. The predicted molar refractivity (Wildman–Crippen MR) is 121 cm³/mol. The average Bonchev–Trinajstić information content (AvgIpc) is 3.36. The lowest BCUT2D eigenvalue weighted by Gasteiger charge is -2.63. The third-order valence-electron chi connectivity index (χ3n) is 9.76. The molecular formula is C25H37NO4S. The van der Waals surface area contributed by atoms with Crippen molar-refractivity contribution in [3.63, 3.8) is 0 Å². The van der Waals surface area contributed by atoms with Crippen molar-refractivity contribution >= 4 is 11.3 Å². The standard InChI is InChI=1S/C25H37NO4S/c1-4-29-16-30-25-12-11-24(28,21-26-13-14-31-21)23(25,3)10-8-19-20(25)6-5-17-15-18(27)7-9-22(17,19)2/h5,13-14,18-20,27-28H,4,6-12,15-16H2,1-3H3/t18?,19-,20-,22+,23-,24?,25-/m1/s1. The Balaban J connectivity index is 1.58. The van der Waals surface area contributed by atoms with Gasteiger partial charge in [-0.3, -0.25) is 0 Å². The number of aliphatic hydroxyl groups is 2. The minimum Gasteiger partial charge on any atom is -0.393 e. The van der Waals surface area contributed by atoms with Crippen molar-refractivity contribution in [1.82, 2.24) is 4.98 Å². The van der Waals surface area contributed by atoms with Gasteiger partial charge in [0.25, 0.3) is 0 Å². The van der Waals surface area contributed by atoms with Crippen molar-refractivity contribution in [3.05, 3.63) is 28.2 Å². The summed E-state index contributed by atoms with van der Waals surface area (Å²) >= 11 is 1.56. The van der Waals surface area contributed by atoms with Gasteiger partial charge in [-0.25, -0.2) is 4.98 Å². The number of aliphatic hydroxyl groups excluding tert-OH is 1. The van der Waals surface area contributed by atoms with Crippen molar-refractivity contribution in [2.45, 2.75) is 89.4 Å². The molecular weight excluding hydrogens is 410 g/mol. The van der Waals surface area contributed by atoms with Crippen molar-refractivity contribution in [1.29, 1.82) is 0 Å². The van der Waals surface area contributed by atoms with Gasteiger partial charge in [0.15, 0.2) is 0 Å². The highest BCUT2D eigenvalue weighted by Crippen LogP contribution is 2.72. The van der Waals surface area contributed by atoms with Gasteiger partial charge >= 0.3 is 0 Å². The molecule has 2 unspecified atom stereocenters. The molecule has 0 amide bonds. The first-order valence-electron chi connectivity index (χ1n) is 12.0. The number of hydrogen-bond donors (Lipinski definition) is 2. The molecule has 5 nitrogen and oxygen atoms in total. The lowest BCUT2D eigenvalue weighted by Crippen LogP contribution is -2.64. The van der Waals surface area contributed by atoms with Crippen LogP contribution in [0.1, 0.15) is 77.1 Å². The second-order valence-corrected chi connectivity index (χ2v) is 11.6. The van der Waals surface area contributed by atoms with E-state index in [0.717, 1.165) is 50.0 Å². The fraction of sp³-hybridized carbons (Fsp3) is 0.800. The smallest absolute Gasteiger partial charge is 0.147 e. The van der Waals surface area contributed by atoms with E-state index in [0.29, 0.717) is 24.9 Å². The summed E-state index contributed by atoms with van der Waals surface area (Å²) in [7, 11) is 0. The Morgan fingerprint density at radius 1 is 1.16 bits per heavy atom. The molecule has 4 aliphatic rings. The summed E-state index contributed by atoms with van der Waals surface area (Å²) in [4.78, 5) is 4.57. The van der Waals surface area contributed by atoms with Crippen molar-refractivity contribution in [2.24, 2.45) is 22.7 Å². The van der Waals surface area contributed by atoms with Gasteiger partial charge in [-0.2, -0.15) is 0 Å². The van der Waals surface area contributed by atoms with Crippen molar-refractivity contribution < 1.29 is 19.7 Å². The molecule has 172 valence electrons. The van der Waals surface area contributed by atoms with Crippen LogP contribution in [0.4, 0.5) is 0 Å². The number of nitrogens with zero attached hydrogens (tertiary/aromatic N) is 1. The number of hydrogen-bond acceptors (Lipinski definition) is 6. The SMILES string of the molecule is CCOCO[C@@]12CCC(O)(c3nccs3)[C@@]1(C)CC[C@@H]1[C@H]2CC=C2CC(O)CC[C@@]21C. The number of rotatable bonds is 5. The van der Waals surface area contributed by atoms with E-state index < -0.39 is 16.6 Å². The van der Waals surface area contributed by atoms with Crippen LogP contribution in [-0.2, 0) is 15.1 Å². The molecule has 3 saturated carbocycles. The molecule has 0 bridgehead atoms. The molecule has 2 N–H and O–H groups in total. The highest BCUT2D eigenvalue weighted by molar-refractivity contribution is 7.09. The summed E-state index contributed by atoms with van der Waals surface area (Å²) < 4.78 is 12.5. The minimum atomic E-state index is -0.966. The number of fused-ring (bicyclic) bond motifs is 5. The van der Waals surface area contributed by atoms with E-state index in [2.05, 4.69) is 24.9 Å². The van der Waals surface area contributed by atoms with Gasteiger partial charge in [0.1, 0.15) is 17.4 Å². The first kappa shape index (κ1) is 22.0. The van der Waals surface area contributed by atoms with Crippen LogP contribution in [-0.4, -0.2) is 40.3 Å². The third-order valence-corrected chi connectivity index (χ3v) is 10.7. The largest absolute Gasteiger partial charge is 0.393 e. The van der Waals surface area contributed by atoms with Crippen LogP contribution in [0.25, 0.3) is 0 Å². The fourth-order valence-corrected chi connectivity index (χ4v) is 8.83. The van der Waals surface area contributed by atoms with Gasteiger partial charge in [-0.1, -0.05) is 25.5 Å². The van der Waals surface area contributed by atoms with Crippen LogP contribution >= 0.6 is 11.3 Å². The van der Waals surface area contributed by atoms with Gasteiger partial charge in [0.2, 0.25) is 0 Å². The molecule has 6 heteroatoms. The molecule has 1 heterocycles. The molecule has 0 spiro atoms. The molecule has 7 atom stereocenters. The van der Waals surface area contributed by atoms with Gasteiger partial charge in [0.05, 0.1) is 11.7 Å². The van der Waals surface area contributed by atoms with Gasteiger partial charge in [-0.05, 0) is 75.5 Å². The van der Waals surface area contributed by atoms with Crippen LogP contribution in [0.3, 0.4) is 0 Å². The summed E-state index contributed by atoms with van der Waals surface area (Å²) in [5, 5.41) is 25.2. The van der Waals surface area contributed by atoms with E-state index >= 15 is 0 Å². The topological polar surface area (TPSA) is 71.8 Å². The van der Waals surface area contributed by atoms with Crippen LogP contribution in [0.5, 0.6) is 0 Å². The fourth-order valence-electron chi connectivity index (χ4n) is 7.93. The van der Waals surface area contributed by atoms with Crippen molar-refractivity contribution in [3.8, 4) is 0 Å². The lowest BCUT2D eigenvalue weighted by molar-refractivity contribution is -0.267. The molecule has 5 rings (SSSR count). The number of ether oxygens (including phenoxy) is 2. The third kappa shape index (κ3) is 2.91. The van der Waals surface area contributed by atoms with E-state index in [1.165, 1.54) is 5.57 Å². The second-order valence-electron chi connectivity index (χ2n) is 10.7. The van der Waals surface area contributed by atoms with Gasteiger partial charge in [-0.15, -0.1) is 11.3 Å². The zero-order valence-corrected chi connectivity index (χ0v) is 19.9. The molecule has 0 aliphatic heterocycles. The quantitative estimate of drug-likeness (QED) is 0.386. The van der Waals surface area contributed by atoms with E-state index in [1.54, 1.807) is 17.5 Å². The Morgan fingerprint density at radius 2 is 2.00 bits per heavy atom. The highest BCUT2D eigenvalue weighted by atomic mass is 32.1. The first-order chi connectivity index (χ1) is 14.8. The molecule has 31 heavy (non-hydrogen) atoms. The summed E-state index contributed by atoms with van der Waals surface area (Å²) in [5.74, 6) is 0.845. The average molecular weight is 448 g/mol. The first-order valence-corrected chi connectivity index (χ1v) is 12.9. The van der Waals surface area contributed by atoms with Crippen molar-refractivity contribution in [2.75, 3.05) is 13.4 Å². The molecule has 0 aromatic carbocycles. The molecule has 1 aromatic rings. The predicted octanol–water partition coefficient (Wildman–Crippen LogP) is 4.79. The van der Waals surface area contributed by atoms with E-state index in [1.807, 2.05) is 12.3 Å². The van der Waals surface area contributed by atoms with E-state index in [9.17, 15) is 10.2 Å². The molecule has 4 aliphatic carbocycles. The number of thiazole rings is 1. The summed E-state index contributed by atoms with van der Waals surface area (Å²) in [5.41, 5.74) is -0.248. The maximum absolute atomic E-state index is 12.1. The summed E-state index contributed by atoms with van der Waals surface area (Å²) in [6, 6.07) is 0. The zero-order valence-electron chi connectivity index (χ0n) is 19.1. The number of aromatic nitrogens is 1. The maximum Gasteiger partial charge on any atom is 0.147 e. The normalized spacial score (nSPS) is 46.7. The van der Waals surface area contributed by atoms with Crippen LogP contribution in [0.2, 0.25) is 0 Å². The summed E-state index contributed by atoms with van der Waals surface area (Å²) in [6.07, 6.45) is 11.2. The van der Waals surface area contributed by atoms with Crippen LogP contribution in [0, 0.1) is 22.7 Å². The van der Waals surface area contributed by atoms with Gasteiger partial charge in [0, 0.05) is 23.6 Å². The second kappa shape index (κ2) is 7.63. The molecule has 1 aromatic heterocycles. The minimum absolute atomic E-state index is 0.118. The lowest BCUT2D eigenvalue weighted by atomic mass is 9.45. The van der Waals surface area contributed by atoms with Crippen LogP contribution < -0.4 is 0 Å². The maximum atomic E-state index is 12.1. The Bertz CT molecular complexity index is 843. The monoisotopic (exact) mass is 447 g/mol. The van der Waals surface area contributed by atoms with Crippen LogP contribution in [0.15, 0.2) is 23.2 Å². The Morgan fingerprint density at radius 3 is 2.74 bits per heavy atom. The Labute approximate surface area is 189 Å². The Kier molecular flexibility index (Phi) is 5.42. The molecule has 0 radical (unpaired) electrons. The molecule has 3 fully saturated rings. The highest BCUT2D eigenvalue weighted by Gasteiger charge is 2.73. The molecule has 0 saturated heterocycles. The Hall–Kier alpha value is -0.790. The van der Waals surface area contributed by atoms with E-state index in [4.69, 9.17) is 9.47 Å². The zero-order chi connectivity index (χ0) is 21.9. The van der Waals surface area contributed by atoms with Gasteiger partial charge < -0.3 is 19.7 Å². The summed E-state index contributed by atoms with van der Waals surface area (Å²) in [6.45, 7) is 7.55.